The lowest BCUT2D eigenvalue weighted by molar-refractivity contribution is -0.139. The number of carbonyl (C=O) groups excluding carboxylic acids is 1. The van der Waals surface area contributed by atoms with Gasteiger partial charge in [0, 0.05) is 17.3 Å². The molecule has 0 radical (unpaired) electrons. The van der Waals surface area contributed by atoms with E-state index < -0.39 is 49.6 Å². The fourth-order valence-electron chi connectivity index (χ4n) is 3.71. The van der Waals surface area contributed by atoms with Gasteiger partial charge in [-0.05, 0) is 66.9 Å². The SMILES string of the molecule is Cc1ccc(NC(=O)Nc2cc(-c3cc(F)ccc3C(=O)O)cc(C/C=C/C(F)(F)F)c2OCCC(F)(F)F)cc1. The smallest absolute Gasteiger partial charge is 0.409 e. The fraction of sp³-hybridized carbons (Fsp3) is 0.214. The average Bonchev–Trinajstić information content (AvgIpc) is 2.85. The van der Waals surface area contributed by atoms with Gasteiger partial charge >= 0.3 is 24.4 Å². The summed E-state index contributed by atoms with van der Waals surface area (Å²) in [7, 11) is 0. The van der Waals surface area contributed by atoms with Gasteiger partial charge in [-0.15, -0.1) is 0 Å². The normalized spacial score (nSPS) is 11.9. The predicted molar refractivity (Wildman–Crippen MR) is 138 cm³/mol. The van der Waals surface area contributed by atoms with Crippen LogP contribution in [0.15, 0.2) is 66.7 Å². The van der Waals surface area contributed by atoms with E-state index in [-0.39, 0.29) is 39.8 Å². The van der Waals surface area contributed by atoms with Crippen molar-refractivity contribution in [1.82, 2.24) is 0 Å². The first-order chi connectivity index (χ1) is 19.1. The molecular weight excluding hydrogens is 561 g/mol. The van der Waals surface area contributed by atoms with Gasteiger partial charge in [0.15, 0.2) is 0 Å². The van der Waals surface area contributed by atoms with Crippen molar-refractivity contribution in [2.75, 3.05) is 17.2 Å². The maximum atomic E-state index is 14.1. The Balaban J connectivity index is 2.14. The highest BCUT2D eigenvalue weighted by Crippen LogP contribution is 2.38. The summed E-state index contributed by atoms with van der Waals surface area (Å²) in [5.41, 5.74) is 0.208. The van der Waals surface area contributed by atoms with Crippen LogP contribution in [0.2, 0.25) is 0 Å². The highest BCUT2D eigenvalue weighted by molar-refractivity contribution is 6.02. The summed E-state index contributed by atoms with van der Waals surface area (Å²) in [5, 5.41) is 14.5. The number of rotatable bonds is 9. The van der Waals surface area contributed by atoms with Crippen LogP contribution in [0, 0.1) is 12.7 Å². The number of halogens is 7. The van der Waals surface area contributed by atoms with Crippen molar-refractivity contribution in [1.29, 1.82) is 0 Å². The molecule has 0 unspecified atom stereocenters. The van der Waals surface area contributed by atoms with Crippen molar-refractivity contribution in [3.63, 3.8) is 0 Å². The first-order valence-electron chi connectivity index (χ1n) is 11.9. The maximum Gasteiger partial charge on any atom is 0.409 e. The number of hydrogen-bond donors (Lipinski definition) is 3. The van der Waals surface area contributed by atoms with E-state index in [9.17, 15) is 45.4 Å². The number of aryl methyl sites for hydroxylation is 1. The van der Waals surface area contributed by atoms with E-state index in [0.717, 1.165) is 35.9 Å². The number of carboxylic acid groups (broad SMARTS) is 1. The number of ether oxygens (including phenoxy) is 1. The zero-order chi connectivity index (χ0) is 30.4. The van der Waals surface area contributed by atoms with Crippen LogP contribution in [0.3, 0.4) is 0 Å². The largest absolute Gasteiger partial charge is 0.491 e. The summed E-state index contributed by atoms with van der Waals surface area (Å²) in [6.07, 6.45) is -10.7. The molecule has 0 aromatic heterocycles. The molecule has 0 saturated heterocycles. The van der Waals surface area contributed by atoms with Gasteiger partial charge in [-0.2, -0.15) is 26.3 Å². The van der Waals surface area contributed by atoms with Crippen molar-refractivity contribution in [3.05, 3.63) is 89.3 Å². The van der Waals surface area contributed by atoms with Crippen LogP contribution in [-0.4, -0.2) is 36.1 Å². The van der Waals surface area contributed by atoms with E-state index in [1.165, 1.54) is 0 Å². The van der Waals surface area contributed by atoms with Gasteiger partial charge in [-0.1, -0.05) is 23.8 Å². The average molecular weight is 584 g/mol. The van der Waals surface area contributed by atoms with Crippen LogP contribution in [-0.2, 0) is 6.42 Å². The quantitative estimate of drug-likeness (QED) is 0.175. The number of benzene rings is 3. The van der Waals surface area contributed by atoms with Crippen molar-refractivity contribution in [3.8, 4) is 16.9 Å². The van der Waals surface area contributed by atoms with Crippen molar-refractivity contribution in [2.24, 2.45) is 0 Å². The molecule has 0 aliphatic rings. The number of urea groups is 1. The van der Waals surface area contributed by atoms with E-state index in [1.54, 1.807) is 24.3 Å². The lowest BCUT2D eigenvalue weighted by Crippen LogP contribution is -2.21. The Hall–Kier alpha value is -4.55. The van der Waals surface area contributed by atoms with Gasteiger partial charge in [0.2, 0.25) is 0 Å². The molecule has 2 amide bonds. The van der Waals surface area contributed by atoms with Gasteiger partial charge in [0.1, 0.15) is 11.6 Å². The number of aromatic carboxylic acids is 1. The number of alkyl halides is 6. The number of carboxylic acids is 1. The Kier molecular flexibility index (Phi) is 9.63. The van der Waals surface area contributed by atoms with Crippen LogP contribution in [0.4, 0.5) is 46.9 Å². The molecule has 0 fully saturated rings. The van der Waals surface area contributed by atoms with Gasteiger partial charge in [-0.3, -0.25) is 0 Å². The number of amides is 2. The number of hydrogen-bond acceptors (Lipinski definition) is 3. The molecule has 3 N–H and O–H groups in total. The van der Waals surface area contributed by atoms with Crippen LogP contribution >= 0.6 is 0 Å². The second-order valence-corrected chi connectivity index (χ2v) is 8.81. The molecule has 6 nitrogen and oxygen atoms in total. The summed E-state index contributed by atoms with van der Waals surface area (Å²) >= 11 is 0. The fourth-order valence-corrected chi connectivity index (χ4v) is 3.71. The molecule has 218 valence electrons. The summed E-state index contributed by atoms with van der Waals surface area (Å²) in [6, 6.07) is 10.7. The molecule has 0 aliphatic heterocycles. The van der Waals surface area contributed by atoms with E-state index in [1.807, 2.05) is 6.92 Å². The molecule has 0 heterocycles. The third-order valence-corrected chi connectivity index (χ3v) is 5.52. The van der Waals surface area contributed by atoms with Crippen molar-refractivity contribution in [2.45, 2.75) is 32.1 Å². The molecule has 3 rings (SSSR count). The minimum Gasteiger partial charge on any atom is -0.491 e. The van der Waals surface area contributed by atoms with Crippen LogP contribution in [0.1, 0.15) is 27.9 Å². The number of carbonyl (C=O) groups is 2. The van der Waals surface area contributed by atoms with Gasteiger partial charge in [0.05, 0.1) is 24.3 Å². The number of allylic oxidation sites excluding steroid dienone is 2. The Morgan fingerprint density at radius 3 is 2.24 bits per heavy atom. The van der Waals surface area contributed by atoms with Gasteiger partial charge in [0.25, 0.3) is 0 Å². The van der Waals surface area contributed by atoms with Crippen LogP contribution in [0.25, 0.3) is 11.1 Å². The van der Waals surface area contributed by atoms with E-state index >= 15 is 0 Å². The minimum atomic E-state index is -4.71. The standard InChI is InChI=1S/C28H23F7N2O4/c1-16-4-7-20(8-5-16)36-26(40)37-23-14-18(22-15-19(29)6-9-21(22)25(38)39)13-17(3-2-10-27(30,31)32)24(23)41-12-11-28(33,34)35/h2,4-10,13-15H,3,11-12H2,1H3,(H,38,39)(H2,36,37,40)/b10-2+. The second kappa shape index (κ2) is 12.7. The van der Waals surface area contributed by atoms with Crippen molar-refractivity contribution >= 4 is 23.4 Å². The van der Waals surface area contributed by atoms with E-state index in [2.05, 4.69) is 10.6 Å². The third kappa shape index (κ3) is 9.55. The topological polar surface area (TPSA) is 87.7 Å². The Labute approximate surface area is 229 Å². The molecule has 0 saturated carbocycles. The molecule has 0 bridgehead atoms. The number of nitrogens with one attached hydrogen (secondary N) is 2. The lowest BCUT2D eigenvalue weighted by Gasteiger charge is -2.20. The van der Waals surface area contributed by atoms with Crippen molar-refractivity contribution < 1.29 is 50.2 Å². The molecule has 13 heteroatoms. The first kappa shape index (κ1) is 31.0. The summed E-state index contributed by atoms with van der Waals surface area (Å²) in [5.74, 6) is -2.66. The summed E-state index contributed by atoms with van der Waals surface area (Å²) in [6.45, 7) is 0.875. The Bertz CT molecular complexity index is 1430. The Morgan fingerprint density at radius 2 is 1.63 bits per heavy atom. The molecule has 0 aliphatic carbocycles. The predicted octanol–water partition coefficient (Wildman–Crippen LogP) is 8.14. The van der Waals surface area contributed by atoms with Gasteiger partial charge < -0.3 is 20.5 Å². The number of anilines is 2. The van der Waals surface area contributed by atoms with Gasteiger partial charge in [-0.25, -0.2) is 14.0 Å². The Morgan fingerprint density at radius 1 is 0.951 bits per heavy atom. The monoisotopic (exact) mass is 584 g/mol. The van der Waals surface area contributed by atoms with Crippen LogP contribution < -0.4 is 15.4 Å². The van der Waals surface area contributed by atoms with Crippen LogP contribution in [0.5, 0.6) is 5.75 Å². The molecule has 0 spiro atoms. The zero-order valence-electron chi connectivity index (χ0n) is 21.3. The summed E-state index contributed by atoms with van der Waals surface area (Å²) < 4.78 is 96.3. The molecular formula is C28H23F7N2O4. The lowest BCUT2D eigenvalue weighted by atomic mass is 9.95. The third-order valence-electron chi connectivity index (χ3n) is 5.52. The molecule has 3 aromatic carbocycles. The molecule has 0 atom stereocenters. The minimum absolute atomic E-state index is 0.0499. The maximum absolute atomic E-state index is 14.1. The first-order valence-corrected chi connectivity index (χ1v) is 11.9. The summed E-state index contributed by atoms with van der Waals surface area (Å²) in [4.78, 5) is 24.6. The second-order valence-electron chi connectivity index (χ2n) is 8.81. The highest BCUT2D eigenvalue weighted by Gasteiger charge is 2.28. The van der Waals surface area contributed by atoms with E-state index in [0.29, 0.717) is 11.8 Å². The zero-order valence-corrected chi connectivity index (χ0v) is 21.3. The highest BCUT2D eigenvalue weighted by atomic mass is 19.4. The molecule has 3 aromatic rings. The van der Waals surface area contributed by atoms with E-state index in [4.69, 9.17) is 4.74 Å². The molecule has 41 heavy (non-hydrogen) atoms.